The monoisotopic (exact) mass is 302 g/mol. The second kappa shape index (κ2) is 6.35. The summed E-state index contributed by atoms with van der Waals surface area (Å²) in [5, 5.41) is 1.86. The molecule has 0 aromatic carbocycles. The topological polar surface area (TPSA) is 72.2 Å². The highest BCUT2D eigenvalue weighted by molar-refractivity contribution is 7.89. The van der Waals surface area contributed by atoms with Gasteiger partial charge < -0.3 is 5.73 Å². The van der Waals surface area contributed by atoms with Crippen LogP contribution in [0.5, 0.6) is 0 Å². The molecular formula is C13H22N2O2S2. The van der Waals surface area contributed by atoms with Crippen molar-refractivity contribution in [2.24, 2.45) is 5.73 Å². The van der Waals surface area contributed by atoms with E-state index in [0.717, 1.165) is 36.1 Å². The lowest BCUT2D eigenvalue weighted by atomic mass is 10.1. The molecule has 0 saturated heterocycles. The number of thiophene rings is 1. The van der Waals surface area contributed by atoms with Crippen molar-refractivity contribution in [3.8, 4) is 0 Å². The van der Waals surface area contributed by atoms with Crippen molar-refractivity contribution in [2.45, 2.75) is 62.9 Å². The van der Waals surface area contributed by atoms with Gasteiger partial charge in [0, 0.05) is 17.5 Å². The molecule has 0 aliphatic heterocycles. The van der Waals surface area contributed by atoms with Gasteiger partial charge in [-0.1, -0.05) is 25.7 Å². The van der Waals surface area contributed by atoms with E-state index in [4.69, 9.17) is 5.73 Å². The summed E-state index contributed by atoms with van der Waals surface area (Å²) in [4.78, 5) is 1.16. The van der Waals surface area contributed by atoms with Gasteiger partial charge in [0.2, 0.25) is 10.0 Å². The largest absolute Gasteiger partial charge is 0.326 e. The van der Waals surface area contributed by atoms with Gasteiger partial charge in [0.25, 0.3) is 0 Å². The molecule has 0 bridgehead atoms. The number of nitrogens with two attached hydrogens (primary N) is 1. The molecule has 0 atom stereocenters. The fourth-order valence-corrected chi connectivity index (χ4v) is 5.67. The summed E-state index contributed by atoms with van der Waals surface area (Å²) < 4.78 is 27.9. The second-order valence-corrected chi connectivity index (χ2v) is 7.80. The van der Waals surface area contributed by atoms with Gasteiger partial charge in [0.1, 0.15) is 4.90 Å². The first-order valence-corrected chi connectivity index (χ1v) is 9.20. The summed E-state index contributed by atoms with van der Waals surface area (Å²) in [6, 6.07) is 0.0809. The summed E-state index contributed by atoms with van der Waals surface area (Å²) in [6.07, 6.45) is 6.54. The fourth-order valence-electron chi connectivity index (χ4n) is 2.66. The van der Waals surface area contributed by atoms with Crippen LogP contribution in [0.25, 0.3) is 0 Å². The normalized spacial score (nSPS) is 18.4. The highest BCUT2D eigenvalue weighted by atomic mass is 32.2. The van der Waals surface area contributed by atoms with Crippen molar-refractivity contribution in [3.05, 3.63) is 15.8 Å². The van der Waals surface area contributed by atoms with Crippen LogP contribution in [-0.2, 0) is 16.6 Å². The SMILES string of the molecule is Cc1csc(CN)c1S(=O)(=O)NC1CCCCCC1. The van der Waals surface area contributed by atoms with Crippen LogP contribution in [0.4, 0.5) is 0 Å². The van der Waals surface area contributed by atoms with Gasteiger partial charge in [-0.05, 0) is 30.7 Å². The maximum atomic E-state index is 12.5. The van der Waals surface area contributed by atoms with E-state index in [9.17, 15) is 8.42 Å². The smallest absolute Gasteiger partial charge is 0.242 e. The first-order valence-electron chi connectivity index (χ1n) is 6.84. The molecule has 1 fully saturated rings. The Hall–Kier alpha value is -0.430. The van der Waals surface area contributed by atoms with E-state index in [-0.39, 0.29) is 12.6 Å². The van der Waals surface area contributed by atoms with E-state index < -0.39 is 10.0 Å². The zero-order chi connectivity index (χ0) is 13.9. The Kier molecular flexibility index (Phi) is 5.00. The van der Waals surface area contributed by atoms with Crippen molar-refractivity contribution in [1.82, 2.24) is 4.72 Å². The molecule has 4 nitrogen and oxygen atoms in total. The molecule has 1 aromatic rings. The first kappa shape index (κ1) is 15.0. The number of aryl methyl sites for hydroxylation is 1. The summed E-state index contributed by atoms with van der Waals surface area (Å²) in [5.41, 5.74) is 6.43. The fraction of sp³-hybridized carbons (Fsp3) is 0.692. The molecule has 2 rings (SSSR count). The molecule has 6 heteroatoms. The maximum absolute atomic E-state index is 12.5. The summed E-state index contributed by atoms with van der Waals surface area (Å²) >= 11 is 1.43. The second-order valence-electron chi connectivity index (χ2n) is 5.18. The molecule has 3 N–H and O–H groups in total. The Morgan fingerprint density at radius 3 is 2.53 bits per heavy atom. The van der Waals surface area contributed by atoms with Crippen LogP contribution in [-0.4, -0.2) is 14.5 Å². The predicted octanol–water partition coefficient (Wildman–Crippen LogP) is 2.52. The van der Waals surface area contributed by atoms with Crippen LogP contribution in [0.1, 0.15) is 49.0 Å². The quantitative estimate of drug-likeness (QED) is 0.839. The van der Waals surface area contributed by atoms with E-state index in [0.29, 0.717) is 4.90 Å². The lowest BCUT2D eigenvalue weighted by Crippen LogP contribution is -2.35. The van der Waals surface area contributed by atoms with Crippen LogP contribution in [0.3, 0.4) is 0 Å². The van der Waals surface area contributed by atoms with Gasteiger partial charge in [0.05, 0.1) is 0 Å². The summed E-state index contributed by atoms with van der Waals surface area (Å²) in [5.74, 6) is 0. The Morgan fingerprint density at radius 2 is 1.95 bits per heavy atom. The zero-order valence-corrected chi connectivity index (χ0v) is 12.9. The molecule has 1 aliphatic carbocycles. The molecule has 1 heterocycles. The van der Waals surface area contributed by atoms with E-state index in [1.165, 1.54) is 24.2 Å². The van der Waals surface area contributed by atoms with Gasteiger partial charge in [-0.2, -0.15) is 0 Å². The van der Waals surface area contributed by atoms with Crippen molar-refractivity contribution >= 4 is 21.4 Å². The molecule has 0 amide bonds. The van der Waals surface area contributed by atoms with Gasteiger partial charge in [-0.25, -0.2) is 13.1 Å². The average Bonchev–Trinajstić information content (AvgIpc) is 2.57. The zero-order valence-electron chi connectivity index (χ0n) is 11.3. The molecule has 1 aliphatic rings. The highest BCUT2D eigenvalue weighted by Gasteiger charge is 2.25. The Labute approximate surface area is 119 Å². The van der Waals surface area contributed by atoms with Gasteiger partial charge in [-0.3, -0.25) is 0 Å². The molecule has 1 aromatic heterocycles. The third-order valence-electron chi connectivity index (χ3n) is 3.62. The molecule has 1 saturated carbocycles. The maximum Gasteiger partial charge on any atom is 0.242 e. The Morgan fingerprint density at radius 1 is 1.32 bits per heavy atom. The molecule has 0 radical (unpaired) electrons. The average molecular weight is 302 g/mol. The lowest BCUT2D eigenvalue weighted by Gasteiger charge is -2.17. The van der Waals surface area contributed by atoms with E-state index >= 15 is 0 Å². The van der Waals surface area contributed by atoms with Crippen molar-refractivity contribution in [2.75, 3.05) is 0 Å². The van der Waals surface area contributed by atoms with Crippen LogP contribution in [0.15, 0.2) is 10.3 Å². The van der Waals surface area contributed by atoms with Crippen molar-refractivity contribution < 1.29 is 8.42 Å². The number of hydrogen-bond acceptors (Lipinski definition) is 4. The standard InChI is InChI=1S/C13H22N2O2S2/c1-10-9-18-12(8-14)13(10)19(16,17)15-11-6-4-2-3-5-7-11/h9,11,15H,2-8,14H2,1H3. The lowest BCUT2D eigenvalue weighted by molar-refractivity contribution is 0.509. The van der Waals surface area contributed by atoms with E-state index in [1.54, 1.807) is 0 Å². The summed E-state index contributed by atoms with van der Waals surface area (Å²) in [7, 11) is -3.43. The number of nitrogens with one attached hydrogen (secondary N) is 1. The third kappa shape index (κ3) is 3.56. The van der Waals surface area contributed by atoms with E-state index in [1.807, 2.05) is 12.3 Å². The van der Waals surface area contributed by atoms with Gasteiger partial charge in [-0.15, -0.1) is 11.3 Å². The van der Waals surface area contributed by atoms with Crippen LogP contribution >= 0.6 is 11.3 Å². The molecule has 19 heavy (non-hydrogen) atoms. The number of rotatable bonds is 4. The van der Waals surface area contributed by atoms with Crippen molar-refractivity contribution in [3.63, 3.8) is 0 Å². The molecule has 108 valence electrons. The molecule has 0 unspecified atom stereocenters. The minimum atomic E-state index is -3.43. The van der Waals surface area contributed by atoms with Gasteiger partial charge >= 0.3 is 0 Å². The minimum Gasteiger partial charge on any atom is -0.326 e. The predicted molar refractivity (Wildman–Crippen MR) is 78.8 cm³/mol. The minimum absolute atomic E-state index is 0.0809. The highest BCUT2D eigenvalue weighted by Crippen LogP contribution is 2.27. The third-order valence-corrected chi connectivity index (χ3v) is 6.63. The molecular weight excluding hydrogens is 280 g/mol. The Balaban J connectivity index is 2.19. The molecule has 0 spiro atoms. The first-order chi connectivity index (χ1) is 9.04. The van der Waals surface area contributed by atoms with Crippen molar-refractivity contribution in [1.29, 1.82) is 0 Å². The number of sulfonamides is 1. The van der Waals surface area contributed by atoms with Gasteiger partial charge in [0.15, 0.2) is 0 Å². The van der Waals surface area contributed by atoms with Crippen LogP contribution < -0.4 is 10.5 Å². The van der Waals surface area contributed by atoms with E-state index in [2.05, 4.69) is 4.72 Å². The Bertz CT molecular complexity index is 515. The van der Waals surface area contributed by atoms with Crippen LogP contribution in [0.2, 0.25) is 0 Å². The number of hydrogen-bond donors (Lipinski definition) is 2. The van der Waals surface area contributed by atoms with Crippen LogP contribution in [0, 0.1) is 6.92 Å². The summed E-state index contributed by atoms with van der Waals surface area (Å²) in [6.45, 7) is 2.11.